The van der Waals surface area contributed by atoms with Gasteiger partial charge >= 0.3 is 0 Å². The lowest BCUT2D eigenvalue weighted by Gasteiger charge is -2.19. The van der Waals surface area contributed by atoms with Gasteiger partial charge in [0.2, 0.25) is 0 Å². The lowest BCUT2D eigenvalue weighted by Crippen LogP contribution is -2.18. The molecule has 1 aliphatic rings. The Morgan fingerprint density at radius 2 is 2.36 bits per heavy atom. The summed E-state index contributed by atoms with van der Waals surface area (Å²) in [6.45, 7) is 3.94. The van der Waals surface area contributed by atoms with Crippen LogP contribution < -0.4 is 0 Å². The Bertz CT molecular complexity index is 329. The summed E-state index contributed by atoms with van der Waals surface area (Å²) < 4.78 is 5.25. The molecular weight excluding hydrogens is 176 g/mol. The molecule has 1 aliphatic carbocycles. The van der Waals surface area contributed by atoms with Crippen LogP contribution in [0.5, 0.6) is 0 Å². The fourth-order valence-corrected chi connectivity index (χ4v) is 2.01. The SMILES string of the molecule is C/C(=C\c1ccco1)C1(C(C)O)CC1. The molecule has 0 aromatic carbocycles. The van der Waals surface area contributed by atoms with E-state index in [1.165, 1.54) is 5.57 Å². The molecule has 1 atom stereocenters. The molecule has 0 saturated heterocycles. The Hall–Kier alpha value is -1.02. The number of aliphatic hydroxyl groups is 1. The topological polar surface area (TPSA) is 33.4 Å². The third-order valence-electron chi connectivity index (χ3n) is 3.28. The van der Waals surface area contributed by atoms with Crippen molar-refractivity contribution in [3.63, 3.8) is 0 Å². The minimum Gasteiger partial charge on any atom is -0.465 e. The quantitative estimate of drug-likeness (QED) is 0.798. The second kappa shape index (κ2) is 3.28. The molecule has 0 amide bonds. The van der Waals surface area contributed by atoms with E-state index < -0.39 is 0 Å². The van der Waals surface area contributed by atoms with Crippen LogP contribution in [-0.2, 0) is 0 Å². The second-order valence-electron chi connectivity index (χ2n) is 4.17. The molecule has 0 spiro atoms. The molecule has 2 rings (SSSR count). The summed E-state index contributed by atoms with van der Waals surface area (Å²) in [7, 11) is 0. The number of furan rings is 1. The van der Waals surface area contributed by atoms with E-state index in [4.69, 9.17) is 4.42 Å². The van der Waals surface area contributed by atoms with Crippen LogP contribution in [0, 0.1) is 5.41 Å². The van der Waals surface area contributed by atoms with E-state index in [0.29, 0.717) is 0 Å². The largest absolute Gasteiger partial charge is 0.465 e. The lowest BCUT2D eigenvalue weighted by atomic mass is 9.91. The van der Waals surface area contributed by atoms with Crippen molar-refractivity contribution in [2.45, 2.75) is 32.8 Å². The van der Waals surface area contributed by atoms with Crippen LogP contribution in [0.2, 0.25) is 0 Å². The van der Waals surface area contributed by atoms with Gasteiger partial charge in [0, 0.05) is 5.41 Å². The van der Waals surface area contributed by atoms with Crippen molar-refractivity contribution in [3.8, 4) is 0 Å². The molecule has 14 heavy (non-hydrogen) atoms. The molecule has 1 aromatic rings. The Kier molecular flexibility index (Phi) is 2.23. The van der Waals surface area contributed by atoms with Crippen LogP contribution in [0.15, 0.2) is 28.4 Å². The predicted molar refractivity (Wildman–Crippen MR) is 55.7 cm³/mol. The van der Waals surface area contributed by atoms with Crippen molar-refractivity contribution in [1.29, 1.82) is 0 Å². The number of hydrogen-bond donors (Lipinski definition) is 1. The summed E-state index contributed by atoms with van der Waals surface area (Å²) in [6.07, 6.45) is 5.62. The summed E-state index contributed by atoms with van der Waals surface area (Å²) in [5.41, 5.74) is 1.26. The molecule has 0 radical (unpaired) electrons. The molecule has 2 heteroatoms. The highest BCUT2D eigenvalue weighted by Gasteiger charge is 2.48. The molecule has 1 saturated carbocycles. The number of rotatable bonds is 3. The van der Waals surface area contributed by atoms with Crippen molar-refractivity contribution in [3.05, 3.63) is 29.7 Å². The highest BCUT2D eigenvalue weighted by Crippen LogP contribution is 2.54. The van der Waals surface area contributed by atoms with Crippen molar-refractivity contribution in [1.82, 2.24) is 0 Å². The van der Waals surface area contributed by atoms with E-state index >= 15 is 0 Å². The summed E-state index contributed by atoms with van der Waals surface area (Å²) in [6, 6.07) is 3.81. The minimum atomic E-state index is -0.256. The van der Waals surface area contributed by atoms with Gasteiger partial charge in [0.1, 0.15) is 5.76 Å². The van der Waals surface area contributed by atoms with Gasteiger partial charge in [0.05, 0.1) is 12.4 Å². The summed E-state index contributed by atoms with van der Waals surface area (Å²) >= 11 is 0. The van der Waals surface area contributed by atoms with Gasteiger partial charge in [-0.3, -0.25) is 0 Å². The minimum absolute atomic E-state index is 0.0345. The van der Waals surface area contributed by atoms with E-state index in [1.807, 2.05) is 25.1 Å². The van der Waals surface area contributed by atoms with Crippen molar-refractivity contribution >= 4 is 6.08 Å². The molecule has 1 N–H and O–H groups in total. The first-order valence-corrected chi connectivity index (χ1v) is 5.05. The van der Waals surface area contributed by atoms with E-state index in [2.05, 4.69) is 6.92 Å². The van der Waals surface area contributed by atoms with Crippen molar-refractivity contribution in [2.24, 2.45) is 5.41 Å². The maximum atomic E-state index is 9.67. The van der Waals surface area contributed by atoms with Crippen LogP contribution in [0.1, 0.15) is 32.4 Å². The first-order chi connectivity index (χ1) is 6.65. The van der Waals surface area contributed by atoms with Crippen LogP contribution in [0.3, 0.4) is 0 Å². The summed E-state index contributed by atoms with van der Waals surface area (Å²) in [5, 5.41) is 9.67. The average Bonchev–Trinajstić information content (AvgIpc) is 2.81. The normalized spacial score (nSPS) is 22.1. The van der Waals surface area contributed by atoms with Gasteiger partial charge in [-0.25, -0.2) is 0 Å². The summed E-state index contributed by atoms with van der Waals surface area (Å²) in [4.78, 5) is 0. The first kappa shape index (κ1) is 9.53. The molecule has 76 valence electrons. The maximum Gasteiger partial charge on any atom is 0.126 e. The lowest BCUT2D eigenvalue weighted by molar-refractivity contribution is 0.131. The Balaban J connectivity index is 2.20. The molecule has 1 unspecified atom stereocenters. The zero-order valence-electron chi connectivity index (χ0n) is 8.66. The number of aliphatic hydroxyl groups excluding tert-OH is 1. The standard InChI is InChI=1S/C12H16O2/c1-9(8-11-4-3-7-14-11)12(5-6-12)10(2)13/h3-4,7-8,10,13H,5-6H2,1-2H3/b9-8+. The third-order valence-corrected chi connectivity index (χ3v) is 3.28. The Labute approximate surface area is 84.2 Å². The zero-order chi connectivity index (χ0) is 10.2. The highest BCUT2D eigenvalue weighted by atomic mass is 16.3. The Morgan fingerprint density at radius 3 is 2.79 bits per heavy atom. The zero-order valence-corrected chi connectivity index (χ0v) is 8.66. The van der Waals surface area contributed by atoms with E-state index in [9.17, 15) is 5.11 Å². The monoisotopic (exact) mass is 192 g/mol. The molecule has 1 heterocycles. The smallest absolute Gasteiger partial charge is 0.126 e. The van der Waals surface area contributed by atoms with Gasteiger partial charge in [-0.15, -0.1) is 0 Å². The van der Waals surface area contributed by atoms with Crippen LogP contribution >= 0.6 is 0 Å². The molecular formula is C12H16O2. The predicted octanol–water partition coefficient (Wildman–Crippen LogP) is 2.84. The molecule has 2 nitrogen and oxygen atoms in total. The van der Waals surface area contributed by atoms with Gasteiger partial charge in [-0.2, -0.15) is 0 Å². The Morgan fingerprint density at radius 1 is 1.64 bits per heavy atom. The average molecular weight is 192 g/mol. The molecule has 1 fully saturated rings. The second-order valence-corrected chi connectivity index (χ2v) is 4.17. The fourth-order valence-electron chi connectivity index (χ4n) is 2.01. The van der Waals surface area contributed by atoms with Crippen LogP contribution in [-0.4, -0.2) is 11.2 Å². The van der Waals surface area contributed by atoms with E-state index in [1.54, 1.807) is 6.26 Å². The molecule has 0 bridgehead atoms. The van der Waals surface area contributed by atoms with Gasteiger partial charge in [0.25, 0.3) is 0 Å². The van der Waals surface area contributed by atoms with E-state index in [-0.39, 0.29) is 11.5 Å². The van der Waals surface area contributed by atoms with Gasteiger partial charge in [0.15, 0.2) is 0 Å². The summed E-state index contributed by atoms with van der Waals surface area (Å²) in [5.74, 6) is 0.870. The fraction of sp³-hybridized carbons (Fsp3) is 0.500. The van der Waals surface area contributed by atoms with Crippen molar-refractivity contribution < 1.29 is 9.52 Å². The van der Waals surface area contributed by atoms with Gasteiger partial charge in [-0.05, 0) is 44.9 Å². The van der Waals surface area contributed by atoms with Gasteiger partial charge in [-0.1, -0.05) is 5.57 Å². The molecule has 0 aliphatic heterocycles. The van der Waals surface area contributed by atoms with Crippen LogP contribution in [0.25, 0.3) is 6.08 Å². The number of hydrogen-bond acceptors (Lipinski definition) is 2. The highest BCUT2D eigenvalue weighted by molar-refractivity contribution is 5.50. The van der Waals surface area contributed by atoms with Crippen molar-refractivity contribution in [2.75, 3.05) is 0 Å². The van der Waals surface area contributed by atoms with E-state index in [0.717, 1.165) is 18.6 Å². The van der Waals surface area contributed by atoms with Gasteiger partial charge < -0.3 is 9.52 Å². The maximum absolute atomic E-state index is 9.67. The third kappa shape index (κ3) is 1.50. The first-order valence-electron chi connectivity index (χ1n) is 5.05. The van der Waals surface area contributed by atoms with Crippen LogP contribution in [0.4, 0.5) is 0 Å². The molecule has 1 aromatic heterocycles.